The molecule has 2 rings (SSSR count). The van der Waals surface area contributed by atoms with E-state index in [0.29, 0.717) is 11.7 Å². The van der Waals surface area contributed by atoms with Crippen molar-refractivity contribution in [2.75, 3.05) is 25.0 Å². The zero-order valence-corrected chi connectivity index (χ0v) is 11.8. The Labute approximate surface area is 114 Å². The summed E-state index contributed by atoms with van der Waals surface area (Å²) in [5.41, 5.74) is 0.807. The first-order chi connectivity index (χ1) is 8.58. The fraction of sp³-hybridized carbons (Fsp3) is 0.500. The Kier molecular flexibility index (Phi) is 4.19. The number of nitro benzene ring substituents is 1. The molecule has 6 heteroatoms. The van der Waals surface area contributed by atoms with Gasteiger partial charge in [0.2, 0.25) is 0 Å². The SMILES string of the molecule is CN(CC1CCCN1)c1ccc(Br)cc1[N+](=O)[O-]. The van der Waals surface area contributed by atoms with Crippen LogP contribution in [0.4, 0.5) is 11.4 Å². The third-order valence-corrected chi connectivity index (χ3v) is 3.70. The molecule has 0 spiro atoms. The van der Waals surface area contributed by atoms with Gasteiger partial charge in [-0.1, -0.05) is 15.9 Å². The first-order valence-corrected chi connectivity index (χ1v) is 6.75. The molecule has 0 saturated carbocycles. The quantitative estimate of drug-likeness (QED) is 0.685. The fourth-order valence-electron chi connectivity index (χ4n) is 2.31. The normalized spacial score (nSPS) is 18.9. The lowest BCUT2D eigenvalue weighted by atomic mass is 10.2. The Hall–Kier alpha value is -1.14. The van der Waals surface area contributed by atoms with Crippen molar-refractivity contribution in [3.05, 3.63) is 32.8 Å². The number of halogens is 1. The predicted molar refractivity (Wildman–Crippen MR) is 75.1 cm³/mol. The smallest absolute Gasteiger partial charge is 0.293 e. The van der Waals surface area contributed by atoms with Gasteiger partial charge in [-0.15, -0.1) is 0 Å². The molecular formula is C12H16BrN3O2. The lowest BCUT2D eigenvalue weighted by molar-refractivity contribution is -0.384. The van der Waals surface area contributed by atoms with Crippen molar-refractivity contribution in [2.24, 2.45) is 0 Å². The van der Waals surface area contributed by atoms with Crippen LogP contribution in [0.15, 0.2) is 22.7 Å². The molecule has 1 fully saturated rings. The monoisotopic (exact) mass is 313 g/mol. The van der Waals surface area contributed by atoms with Gasteiger partial charge in [0.1, 0.15) is 5.69 Å². The van der Waals surface area contributed by atoms with Gasteiger partial charge in [0, 0.05) is 30.2 Å². The topological polar surface area (TPSA) is 58.4 Å². The summed E-state index contributed by atoms with van der Waals surface area (Å²) in [7, 11) is 1.90. The van der Waals surface area contributed by atoms with Crippen molar-refractivity contribution >= 4 is 27.3 Å². The first kappa shape index (κ1) is 13.3. The predicted octanol–water partition coefficient (Wildman–Crippen LogP) is 2.55. The van der Waals surface area contributed by atoms with Crippen molar-refractivity contribution in [1.82, 2.24) is 5.32 Å². The Morgan fingerprint density at radius 2 is 2.39 bits per heavy atom. The molecule has 5 nitrogen and oxygen atoms in total. The number of nitrogens with one attached hydrogen (secondary N) is 1. The van der Waals surface area contributed by atoms with Crippen LogP contribution < -0.4 is 10.2 Å². The van der Waals surface area contributed by atoms with E-state index in [0.717, 1.165) is 24.0 Å². The Morgan fingerprint density at radius 1 is 1.61 bits per heavy atom. The van der Waals surface area contributed by atoms with Gasteiger partial charge in [0.05, 0.1) is 4.92 Å². The molecule has 1 heterocycles. The van der Waals surface area contributed by atoms with E-state index in [1.54, 1.807) is 12.1 Å². The molecule has 1 atom stereocenters. The van der Waals surface area contributed by atoms with Crippen LogP contribution in [0, 0.1) is 10.1 Å². The van der Waals surface area contributed by atoms with Crippen LogP contribution in [-0.4, -0.2) is 31.1 Å². The maximum Gasteiger partial charge on any atom is 0.293 e. The molecule has 0 amide bonds. The molecule has 1 aromatic carbocycles. The summed E-state index contributed by atoms with van der Waals surface area (Å²) in [6.45, 7) is 1.84. The highest BCUT2D eigenvalue weighted by Gasteiger charge is 2.21. The van der Waals surface area contributed by atoms with E-state index in [4.69, 9.17) is 0 Å². The van der Waals surface area contributed by atoms with Crippen molar-refractivity contribution in [2.45, 2.75) is 18.9 Å². The number of hydrogen-bond acceptors (Lipinski definition) is 4. The number of anilines is 1. The van der Waals surface area contributed by atoms with Crippen LogP contribution in [0.1, 0.15) is 12.8 Å². The van der Waals surface area contributed by atoms with Crippen molar-refractivity contribution in [3.63, 3.8) is 0 Å². The number of rotatable bonds is 4. The van der Waals surface area contributed by atoms with Gasteiger partial charge in [-0.25, -0.2) is 0 Å². The van der Waals surface area contributed by atoms with Crippen molar-refractivity contribution in [1.29, 1.82) is 0 Å². The van der Waals surface area contributed by atoms with Gasteiger partial charge < -0.3 is 10.2 Å². The molecule has 1 saturated heterocycles. The highest BCUT2D eigenvalue weighted by molar-refractivity contribution is 9.10. The molecule has 0 radical (unpaired) electrons. The summed E-state index contributed by atoms with van der Waals surface area (Å²) in [4.78, 5) is 12.7. The van der Waals surface area contributed by atoms with Crippen LogP contribution in [0.5, 0.6) is 0 Å². The van der Waals surface area contributed by atoms with Crippen LogP contribution in [0.3, 0.4) is 0 Å². The molecule has 1 unspecified atom stereocenters. The highest BCUT2D eigenvalue weighted by Crippen LogP contribution is 2.30. The molecule has 98 valence electrons. The van der Waals surface area contributed by atoms with E-state index < -0.39 is 0 Å². The number of nitro groups is 1. The second kappa shape index (κ2) is 5.67. The summed E-state index contributed by atoms with van der Waals surface area (Å²) in [5, 5.41) is 14.5. The van der Waals surface area contributed by atoms with Crippen LogP contribution in [-0.2, 0) is 0 Å². The number of hydrogen-bond donors (Lipinski definition) is 1. The van der Waals surface area contributed by atoms with Gasteiger partial charge in [0.25, 0.3) is 5.69 Å². The second-order valence-corrected chi connectivity index (χ2v) is 5.48. The fourth-order valence-corrected chi connectivity index (χ4v) is 2.66. The second-order valence-electron chi connectivity index (χ2n) is 4.56. The van der Waals surface area contributed by atoms with Crippen LogP contribution in [0.2, 0.25) is 0 Å². The maximum absolute atomic E-state index is 11.1. The lowest BCUT2D eigenvalue weighted by Gasteiger charge is -2.23. The van der Waals surface area contributed by atoms with Gasteiger partial charge >= 0.3 is 0 Å². The first-order valence-electron chi connectivity index (χ1n) is 5.96. The molecule has 0 bridgehead atoms. The average Bonchev–Trinajstić information content (AvgIpc) is 2.81. The van der Waals surface area contributed by atoms with Crippen LogP contribution in [0.25, 0.3) is 0 Å². The minimum Gasteiger partial charge on any atom is -0.367 e. The van der Waals surface area contributed by atoms with Crippen LogP contribution >= 0.6 is 15.9 Å². The molecule has 0 aromatic heterocycles. The van der Waals surface area contributed by atoms with E-state index in [2.05, 4.69) is 21.2 Å². The van der Waals surface area contributed by atoms with E-state index in [-0.39, 0.29) is 10.6 Å². The lowest BCUT2D eigenvalue weighted by Crippen LogP contribution is -2.35. The Morgan fingerprint density at radius 3 is 3.00 bits per heavy atom. The summed E-state index contributed by atoms with van der Waals surface area (Å²) in [6, 6.07) is 5.60. The minimum atomic E-state index is -0.335. The van der Waals surface area contributed by atoms with E-state index in [9.17, 15) is 10.1 Å². The molecule has 0 aliphatic carbocycles. The number of likely N-dealkylation sites (N-methyl/N-ethyl adjacent to an activating group) is 1. The third-order valence-electron chi connectivity index (χ3n) is 3.20. The van der Waals surface area contributed by atoms with E-state index in [1.807, 2.05) is 18.0 Å². The van der Waals surface area contributed by atoms with Gasteiger partial charge in [-0.2, -0.15) is 0 Å². The molecule has 18 heavy (non-hydrogen) atoms. The third kappa shape index (κ3) is 3.00. The van der Waals surface area contributed by atoms with Crippen molar-refractivity contribution in [3.8, 4) is 0 Å². The average molecular weight is 314 g/mol. The summed E-state index contributed by atoms with van der Waals surface area (Å²) in [5.74, 6) is 0. The standard InChI is InChI=1S/C12H16BrN3O2/c1-15(8-10-3-2-6-14-10)11-5-4-9(13)7-12(11)16(17)18/h4-5,7,10,14H,2-3,6,8H2,1H3. The number of nitrogens with zero attached hydrogens (tertiary/aromatic N) is 2. The van der Waals surface area contributed by atoms with E-state index >= 15 is 0 Å². The summed E-state index contributed by atoms with van der Waals surface area (Å²) >= 11 is 3.27. The largest absolute Gasteiger partial charge is 0.367 e. The summed E-state index contributed by atoms with van der Waals surface area (Å²) < 4.78 is 0.727. The zero-order chi connectivity index (χ0) is 13.1. The molecule has 1 aliphatic heterocycles. The summed E-state index contributed by atoms with van der Waals surface area (Å²) in [6.07, 6.45) is 2.32. The highest BCUT2D eigenvalue weighted by atomic mass is 79.9. The minimum absolute atomic E-state index is 0.143. The van der Waals surface area contributed by atoms with E-state index in [1.165, 1.54) is 6.42 Å². The molecular weight excluding hydrogens is 298 g/mol. The Balaban J connectivity index is 2.17. The molecule has 1 N–H and O–H groups in total. The van der Waals surface area contributed by atoms with Gasteiger partial charge in [-0.05, 0) is 31.5 Å². The molecule has 1 aromatic rings. The van der Waals surface area contributed by atoms with Crippen molar-refractivity contribution < 1.29 is 4.92 Å². The number of benzene rings is 1. The molecule has 1 aliphatic rings. The Bertz CT molecular complexity index is 447. The van der Waals surface area contributed by atoms with Gasteiger partial charge in [0.15, 0.2) is 0 Å². The zero-order valence-electron chi connectivity index (χ0n) is 10.2. The maximum atomic E-state index is 11.1. The van der Waals surface area contributed by atoms with Gasteiger partial charge in [-0.3, -0.25) is 10.1 Å².